The van der Waals surface area contributed by atoms with Crippen LogP contribution in [0.25, 0.3) is 0 Å². The van der Waals surface area contributed by atoms with Gasteiger partial charge in [0.05, 0.1) is 11.2 Å². The fourth-order valence-electron chi connectivity index (χ4n) is 6.23. The number of fused-ring (bicyclic) bond motifs is 4. The number of ether oxygens (including phenoxy) is 1. The maximum Gasteiger partial charge on any atom is 0.171 e. The van der Waals surface area contributed by atoms with Crippen molar-refractivity contribution in [2.24, 2.45) is 11.8 Å². The highest BCUT2D eigenvalue weighted by molar-refractivity contribution is 5.13. The van der Waals surface area contributed by atoms with Crippen molar-refractivity contribution in [3.8, 4) is 0 Å². The zero-order valence-corrected chi connectivity index (χ0v) is 13.1. The quantitative estimate of drug-likeness (QED) is 0.718. The van der Waals surface area contributed by atoms with Crippen LogP contribution in [0.1, 0.15) is 83.5 Å². The van der Waals surface area contributed by atoms with Crippen LogP contribution < -0.4 is 0 Å². The third-order valence-electron chi connectivity index (χ3n) is 7.06. The minimum Gasteiger partial charge on any atom is -0.389 e. The van der Waals surface area contributed by atoms with Gasteiger partial charge in [-0.3, -0.25) is 0 Å². The Morgan fingerprint density at radius 3 is 2.05 bits per heavy atom. The fourth-order valence-corrected chi connectivity index (χ4v) is 6.23. The largest absolute Gasteiger partial charge is 0.389 e. The lowest BCUT2D eigenvalue weighted by molar-refractivity contribution is -0.399. The minimum absolute atomic E-state index is 0.0587. The summed E-state index contributed by atoms with van der Waals surface area (Å²) in [5.74, 6) is -0.864. The molecule has 1 heterocycles. The zero-order chi connectivity index (χ0) is 14.6. The van der Waals surface area contributed by atoms with Gasteiger partial charge in [0.25, 0.3) is 0 Å². The fraction of sp³-hybridized carbons (Fsp3) is 1.00. The topological polar surface area (TPSA) is 49.7 Å². The van der Waals surface area contributed by atoms with E-state index in [1.54, 1.807) is 0 Å². The molecule has 0 amide bonds. The molecule has 1 aliphatic heterocycles. The molecule has 4 atom stereocenters. The second kappa shape index (κ2) is 4.94. The third kappa shape index (κ3) is 2.04. The molecule has 0 aromatic carbocycles. The molecular weight excluding hydrogens is 264 g/mol. The summed E-state index contributed by atoms with van der Waals surface area (Å²) in [4.78, 5) is 0. The van der Waals surface area contributed by atoms with Gasteiger partial charge in [0, 0.05) is 18.3 Å². The van der Waals surface area contributed by atoms with Crippen molar-refractivity contribution in [1.29, 1.82) is 0 Å². The highest BCUT2D eigenvalue weighted by Gasteiger charge is 2.66. The molecule has 21 heavy (non-hydrogen) atoms. The molecule has 0 bridgehead atoms. The number of aliphatic hydroxyl groups is 2. The lowest BCUT2D eigenvalue weighted by Gasteiger charge is -2.65. The van der Waals surface area contributed by atoms with Crippen LogP contribution in [0.2, 0.25) is 0 Å². The van der Waals surface area contributed by atoms with Crippen molar-refractivity contribution in [2.45, 2.75) is 100 Å². The van der Waals surface area contributed by atoms with Crippen LogP contribution in [-0.4, -0.2) is 27.2 Å². The van der Waals surface area contributed by atoms with E-state index in [1.807, 2.05) is 0 Å². The van der Waals surface area contributed by atoms with Crippen molar-refractivity contribution in [3.63, 3.8) is 0 Å². The van der Waals surface area contributed by atoms with Crippen molar-refractivity contribution in [3.05, 3.63) is 0 Å². The first-order chi connectivity index (χ1) is 10.1. The maximum atomic E-state index is 11.6. The summed E-state index contributed by atoms with van der Waals surface area (Å²) in [5.41, 5.74) is -0.918. The van der Waals surface area contributed by atoms with Crippen molar-refractivity contribution < 1.29 is 14.9 Å². The molecule has 0 radical (unpaired) electrons. The third-order valence-corrected chi connectivity index (χ3v) is 7.06. The molecule has 3 aliphatic carbocycles. The highest BCUT2D eigenvalue weighted by atomic mass is 16.6. The Morgan fingerprint density at radius 2 is 1.29 bits per heavy atom. The Bertz CT molecular complexity index is 396. The number of rotatable bonds is 0. The summed E-state index contributed by atoms with van der Waals surface area (Å²) in [6.07, 6.45) is 13.8. The lowest BCUT2D eigenvalue weighted by atomic mass is 9.53. The van der Waals surface area contributed by atoms with E-state index in [9.17, 15) is 10.2 Å². The predicted octanol–water partition coefficient (Wildman–Crippen LogP) is 3.52. The van der Waals surface area contributed by atoms with Crippen LogP contribution in [0.4, 0.5) is 0 Å². The van der Waals surface area contributed by atoms with Gasteiger partial charge in [-0.15, -0.1) is 0 Å². The maximum absolute atomic E-state index is 11.6. The van der Waals surface area contributed by atoms with Crippen molar-refractivity contribution >= 4 is 0 Å². The molecular formula is C18H30O3. The average molecular weight is 294 g/mol. The van der Waals surface area contributed by atoms with Crippen LogP contribution >= 0.6 is 0 Å². The Kier molecular flexibility index (Phi) is 3.40. The number of hydrogen-bond acceptors (Lipinski definition) is 3. The summed E-state index contributed by atoms with van der Waals surface area (Å²) >= 11 is 0. The molecule has 4 aliphatic rings. The molecule has 120 valence electrons. The van der Waals surface area contributed by atoms with Gasteiger partial charge in [-0.05, 0) is 38.5 Å². The summed E-state index contributed by atoms with van der Waals surface area (Å²) in [6, 6.07) is 0. The normalized spacial score (nSPS) is 49.4. The minimum atomic E-state index is -1.06. The first-order valence-corrected chi connectivity index (χ1v) is 9.24. The Labute approximate surface area is 128 Å². The van der Waals surface area contributed by atoms with Crippen LogP contribution in [0.5, 0.6) is 0 Å². The smallest absolute Gasteiger partial charge is 0.171 e. The second-order valence-corrected chi connectivity index (χ2v) is 8.16. The standard InChI is InChI=1S/C18H30O3/c19-17-12-6-2-8-14(17)16(10-4-1-5-11-16)21-18(20)13-7-3-9-15(17)18/h14-15,19-20H,1-13H2/t14-,15+,17+,18+/m1/s1. The molecule has 0 aromatic heterocycles. The van der Waals surface area contributed by atoms with Gasteiger partial charge < -0.3 is 14.9 Å². The SMILES string of the molecule is O[C@@]12CCCC[C@@H]1C1(CCCCC1)O[C@@]1(O)CCCC[C@@H]21. The van der Waals surface area contributed by atoms with Gasteiger partial charge in [-0.25, -0.2) is 0 Å². The van der Waals surface area contributed by atoms with Crippen molar-refractivity contribution in [1.82, 2.24) is 0 Å². The molecule has 4 rings (SSSR count). The van der Waals surface area contributed by atoms with E-state index in [0.29, 0.717) is 6.42 Å². The van der Waals surface area contributed by atoms with Gasteiger partial charge in [0.1, 0.15) is 0 Å². The Balaban J connectivity index is 1.76. The number of hydrogen-bond donors (Lipinski definition) is 2. The van der Waals surface area contributed by atoms with Gasteiger partial charge in [0.15, 0.2) is 5.79 Å². The highest BCUT2D eigenvalue weighted by Crippen LogP contribution is 2.61. The monoisotopic (exact) mass is 294 g/mol. The molecule has 0 aromatic rings. The molecule has 4 fully saturated rings. The van der Waals surface area contributed by atoms with Crippen LogP contribution in [-0.2, 0) is 4.74 Å². The predicted molar refractivity (Wildman–Crippen MR) is 80.7 cm³/mol. The molecule has 0 unspecified atom stereocenters. The second-order valence-electron chi connectivity index (χ2n) is 8.16. The van der Waals surface area contributed by atoms with Crippen LogP contribution in [0.15, 0.2) is 0 Å². The van der Waals surface area contributed by atoms with E-state index in [2.05, 4.69) is 0 Å². The van der Waals surface area contributed by atoms with Gasteiger partial charge in [-0.2, -0.15) is 0 Å². The first kappa shape index (κ1) is 14.5. The Hall–Kier alpha value is -0.120. The molecule has 3 nitrogen and oxygen atoms in total. The van der Waals surface area contributed by atoms with Gasteiger partial charge in [-0.1, -0.05) is 38.5 Å². The molecule has 1 spiro atoms. The van der Waals surface area contributed by atoms with E-state index in [4.69, 9.17) is 4.74 Å². The van der Waals surface area contributed by atoms with Gasteiger partial charge >= 0.3 is 0 Å². The molecule has 3 saturated carbocycles. The van der Waals surface area contributed by atoms with Crippen LogP contribution in [0, 0.1) is 11.8 Å². The molecule has 3 heteroatoms. The summed E-state index contributed by atoms with van der Waals surface area (Å²) in [7, 11) is 0. The Morgan fingerprint density at radius 1 is 0.667 bits per heavy atom. The van der Waals surface area contributed by atoms with E-state index in [-0.39, 0.29) is 17.4 Å². The molecule has 1 saturated heterocycles. The summed E-state index contributed by atoms with van der Waals surface area (Å²) < 4.78 is 6.54. The first-order valence-electron chi connectivity index (χ1n) is 9.24. The van der Waals surface area contributed by atoms with E-state index in [1.165, 1.54) is 25.7 Å². The summed E-state index contributed by atoms with van der Waals surface area (Å²) in [6.45, 7) is 0. The average Bonchev–Trinajstić information content (AvgIpc) is 2.47. The molecule has 2 N–H and O–H groups in total. The van der Waals surface area contributed by atoms with Gasteiger partial charge in [0.2, 0.25) is 0 Å². The van der Waals surface area contributed by atoms with E-state index >= 15 is 0 Å². The summed E-state index contributed by atoms with van der Waals surface area (Å²) in [5, 5.41) is 22.9. The van der Waals surface area contributed by atoms with Crippen LogP contribution in [0.3, 0.4) is 0 Å². The zero-order valence-electron chi connectivity index (χ0n) is 13.1. The van der Waals surface area contributed by atoms with E-state index < -0.39 is 11.4 Å². The lowest BCUT2D eigenvalue weighted by Crippen LogP contribution is -2.72. The van der Waals surface area contributed by atoms with E-state index in [0.717, 1.165) is 51.4 Å². The van der Waals surface area contributed by atoms with Crippen molar-refractivity contribution in [2.75, 3.05) is 0 Å².